The summed E-state index contributed by atoms with van der Waals surface area (Å²) < 4.78 is 19.0. The van der Waals surface area contributed by atoms with Crippen LogP contribution in [0.25, 0.3) is 11.0 Å². The Hall–Kier alpha value is -4.83. The summed E-state index contributed by atoms with van der Waals surface area (Å²) in [5, 5.41) is 31.9. The number of nitrogens with two attached hydrogens (primary N) is 1. The quantitative estimate of drug-likeness (QED) is 0.136. The Bertz CT molecular complexity index is 1920. The van der Waals surface area contributed by atoms with E-state index in [0.29, 0.717) is 23.1 Å². The molecule has 1 fully saturated rings. The van der Waals surface area contributed by atoms with Crippen molar-refractivity contribution in [1.82, 2.24) is 4.98 Å². The van der Waals surface area contributed by atoms with E-state index in [4.69, 9.17) is 19.6 Å². The number of pyridine rings is 1. The number of phenols is 2. The Morgan fingerprint density at radius 1 is 1.17 bits per heavy atom. The van der Waals surface area contributed by atoms with Crippen LogP contribution < -0.4 is 15.9 Å². The number of hydrogen-bond donors (Lipinski definition) is 4. The highest BCUT2D eigenvalue weighted by Gasteiger charge is 2.45. The number of aliphatic hydroxyl groups excluding tert-OH is 1. The zero-order valence-corrected chi connectivity index (χ0v) is 26.8. The van der Waals surface area contributed by atoms with E-state index in [0.717, 1.165) is 42.9 Å². The molecule has 10 nitrogen and oxygen atoms in total. The van der Waals surface area contributed by atoms with E-state index >= 15 is 0 Å². The van der Waals surface area contributed by atoms with E-state index < -0.39 is 35.6 Å². The molecule has 5 N–H and O–H groups in total. The Kier molecular flexibility index (Phi) is 8.72. The number of aromatic nitrogens is 1. The number of carbonyl (C=O) groups is 1. The lowest BCUT2D eigenvalue weighted by atomic mass is 9.80. The molecule has 10 heteroatoms. The van der Waals surface area contributed by atoms with Crippen LogP contribution in [-0.2, 0) is 29.0 Å². The number of fused-ring (bicyclic) bond motifs is 2. The van der Waals surface area contributed by atoms with Crippen LogP contribution in [0.4, 0.5) is 5.82 Å². The van der Waals surface area contributed by atoms with Crippen molar-refractivity contribution in [1.29, 1.82) is 0 Å². The number of carbonyl (C=O) groups excluding carboxylic acids is 1. The van der Waals surface area contributed by atoms with Gasteiger partial charge in [-0.2, -0.15) is 0 Å². The number of allylic oxidation sites excluding steroid dienone is 1. The van der Waals surface area contributed by atoms with Crippen LogP contribution in [0, 0.1) is 5.92 Å². The highest BCUT2D eigenvalue weighted by molar-refractivity contribution is 5.92. The zero-order chi connectivity index (χ0) is 33.5. The molecular weight excluding hydrogens is 600 g/mol. The molecular formula is C37H40N2O8. The normalized spacial score (nSPS) is 18.5. The minimum atomic E-state index is -1.06. The van der Waals surface area contributed by atoms with Gasteiger partial charge in [0.25, 0.3) is 0 Å². The Balaban J connectivity index is 1.55. The maximum absolute atomic E-state index is 13.6. The van der Waals surface area contributed by atoms with E-state index in [1.807, 2.05) is 32.9 Å². The van der Waals surface area contributed by atoms with Gasteiger partial charge in [0.1, 0.15) is 58.1 Å². The third-order valence-electron chi connectivity index (χ3n) is 9.47. The number of aromatic hydroxyl groups is 2. The molecule has 2 aliphatic rings. The summed E-state index contributed by atoms with van der Waals surface area (Å²) in [5.41, 5.74) is 7.49. The molecule has 6 rings (SSSR count). The van der Waals surface area contributed by atoms with E-state index in [1.54, 1.807) is 36.5 Å². The van der Waals surface area contributed by atoms with Crippen LogP contribution in [0.5, 0.6) is 17.2 Å². The van der Waals surface area contributed by atoms with Crippen LogP contribution in [-0.4, -0.2) is 38.0 Å². The first-order valence-corrected chi connectivity index (χ1v) is 16.0. The second kappa shape index (κ2) is 12.8. The number of anilines is 1. The van der Waals surface area contributed by atoms with Crippen LogP contribution >= 0.6 is 0 Å². The van der Waals surface area contributed by atoms with E-state index in [1.165, 1.54) is 0 Å². The Morgan fingerprint density at radius 2 is 1.94 bits per heavy atom. The van der Waals surface area contributed by atoms with Gasteiger partial charge in [0.05, 0.1) is 0 Å². The van der Waals surface area contributed by atoms with Crippen molar-refractivity contribution in [3.05, 3.63) is 98.5 Å². The average molecular weight is 641 g/mol. The van der Waals surface area contributed by atoms with Gasteiger partial charge in [0, 0.05) is 41.3 Å². The molecule has 1 saturated carbocycles. The first-order valence-electron chi connectivity index (χ1n) is 16.0. The summed E-state index contributed by atoms with van der Waals surface area (Å²) in [6, 6.07) is 11.5. The van der Waals surface area contributed by atoms with Gasteiger partial charge >= 0.3 is 5.97 Å². The van der Waals surface area contributed by atoms with Gasteiger partial charge in [-0.05, 0) is 81.3 Å². The van der Waals surface area contributed by atoms with Crippen LogP contribution in [0.1, 0.15) is 80.4 Å². The summed E-state index contributed by atoms with van der Waals surface area (Å²) in [5.74, 6) is -0.521. The predicted molar refractivity (Wildman–Crippen MR) is 176 cm³/mol. The second-order valence-corrected chi connectivity index (χ2v) is 13.0. The smallest absolute Gasteiger partial charge is 0.334 e. The highest BCUT2D eigenvalue weighted by Crippen LogP contribution is 2.50. The number of nitrogen functional groups attached to an aromatic ring is 1. The molecule has 3 heterocycles. The fourth-order valence-corrected chi connectivity index (χ4v) is 7.07. The van der Waals surface area contributed by atoms with Gasteiger partial charge in [-0.1, -0.05) is 31.1 Å². The van der Waals surface area contributed by atoms with Crippen molar-refractivity contribution in [3.63, 3.8) is 0 Å². The molecule has 2 atom stereocenters. The maximum Gasteiger partial charge on any atom is 0.334 e. The molecule has 47 heavy (non-hydrogen) atoms. The summed E-state index contributed by atoms with van der Waals surface area (Å²) in [7, 11) is 0. The van der Waals surface area contributed by atoms with Crippen LogP contribution in [0.15, 0.2) is 69.5 Å². The minimum Gasteiger partial charge on any atom is -0.508 e. The summed E-state index contributed by atoms with van der Waals surface area (Å²) in [6.07, 6.45) is 6.99. The first-order chi connectivity index (χ1) is 22.5. The second-order valence-electron chi connectivity index (χ2n) is 13.0. The number of benzene rings is 2. The molecule has 2 aromatic heterocycles. The Labute approximate surface area is 272 Å². The predicted octanol–water partition coefficient (Wildman–Crippen LogP) is 5.81. The largest absolute Gasteiger partial charge is 0.508 e. The number of ether oxygens (including phenoxy) is 2. The SMILES string of the molecule is C/C=C(\C(=O)O[C@@H]1Cc2c(c([C@H](Cc3cccc(O)c3)c3ccnc(N)c3)c3oc(CO)cc(=O)c3c2O)OC1(C)C)C1CCCC1. The van der Waals surface area contributed by atoms with Gasteiger partial charge in [-0.25, -0.2) is 9.78 Å². The fourth-order valence-electron chi connectivity index (χ4n) is 7.07. The van der Waals surface area contributed by atoms with Gasteiger partial charge in [-0.3, -0.25) is 4.79 Å². The highest BCUT2D eigenvalue weighted by atomic mass is 16.6. The molecule has 0 bridgehead atoms. The lowest BCUT2D eigenvalue weighted by Gasteiger charge is -2.41. The van der Waals surface area contributed by atoms with Crippen molar-refractivity contribution in [2.45, 2.75) is 83.5 Å². The molecule has 4 aromatic rings. The fraction of sp³-hybridized carbons (Fsp3) is 0.378. The van der Waals surface area contributed by atoms with E-state index in [2.05, 4.69) is 4.98 Å². The van der Waals surface area contributed by atoms with Crippen LogP contribution in [0.3, 0.4) is 0 Å². The maximum atomic E-state index is 13.6. The molecule has 246 valence electrons. The summed E-state index contributed by atoms with van der Waals surface area (Å²) in [6.45, 7) is 4.94. The van der Waals surface area contributed by atoms with Crippen molar-refractivity contribution >= 4 is 22.8 Å². The van der Waals surface area contributed by atoms with E-state index in [9.17, 15) is 24.9 Å². The minimum absolute atomic E-state index is 0.0149. The lowest BCUT2D eigenvalue weighted by molar-refractivity contribution is -0.157. The monoisotopic (exact) mass is 640 g/mol. The van der Waals surface area contributed by atoms with E-state index in [-0.39, 0.29) is 52.1 Å². The number of nitrogens with zero attached hydrogens (tertiary/aromatic N) is 1. The molecule has 0 amide bonds. The third kappa shape index (κ3) is 6.17. The standard InChI is InChI=1S/C37H40N2O8/c1-4-25(21-9-5-6-10-21)36(44)46-29-18-27-33(43)32-28(42)17-24(19-40)45-35(32)31(34(27)47-37(29,2)3)26(22-12-13-39-30(38)16-22)15-20-8-7-11-23(41)14-20/h4,7-8,11-14,16-17,21,26,29,40-41,43H,5-6,9-10,15,18-19H2,1-3H3,(H2,38,39)/b25-4-/t26-,29-/m1/s1. The summed E-state index contributed by atoms with van der Waals surface area (Å²) in [4.78, 5) is 31.3. The molecule has 0 saturated heterocycles. The van der Waals surface area contributed by atoms with Gasteiger partial charge < -0.3 is 34.9 Å². The molecule has 0 radical (unpaired) electrons. The third-order valence-corrected chi connectivity index (χ3v) is 9.47. The number of aliphatic hydroxyl groups is 1. The molecule has 0 spiro atoms. The van der Waals surface area contributed by atoms with Crippen molar-refractivity contribution < 1.29 is 34.0 Å². The van der Waals surface area contributed by atoms with Gasteiger partial charge in [0.15, 0.2) is 5.43 Å². The number of rotatable bonds is 8. The lowest BCUT2D eigenvalue weighted by Crippen LogP contribution is -2.49. The number of hydrogen-bond acceptors (Lipinski definition) is 10. The number of esters is 1. The summed E-state index contributed by atoms with van der Waals surface area (Å²) >= 11 is 0. The average Bonchev–Trinajstić information content (AvgIpc) is 3.56. The molecule has 1 aliphatic carbocycles. The molecule has 2 aromatic carbocycles. The van der Waals surface area contributed by atoms with Crippen molar-refractivity contribution in [2.24, 2.45) is 5.92 Å². The molecule has 1 aliphatic heterocycles. The Morgan fingerprint density at radius 3 is 2.62 bits per heavy atom. The topological polar surface area (TPSA) is 165 Å². The van der Waals surface area contributed by atoms with Gasteiger partial charge in [0.2, 0.25) is 0 Å². The first kappa shape index (κ1) is 32.1. The van der Waals surface area contributed by atoms with Crippen molar-refractivity contribution in [3.8, 4) is 17.2 Å². The molecule has 0 unspecified atom stereocenters. The number of phenolic OH excluding ortho intramolecular Hbond substituents is 2. The van der Waals surface area contributed by atoms with Gasteiger partial charge in [-0.15, -0.1) is 0 Å². The van der Waals surface area contributed by atoms with Crippen molar-refractivity contribution in [2.75, 3.05) is 5.73 Å². The van der Waals surface area contributed by atoms with Crippen LogP contribution in [0.2, 0.25) is 0 Å². The zero-order valence-electron chi connectivity index (χ0n) is 26.8.